The summed E-state index contributed by atoms with van der Waals surface area (Å²) >= 11 is 0. The van der Waals surface area contributed by atoms with E-state index in [-0.39, 0.29) is 24.4 Å². The van der Waals surface area contributed by atoms with Gasteiger partial charge in [0.25, 0.3) is 0 Å². The molecule has 21 heavy (non-hydrogen) atoms. The maximum absolute atomic E-state index is 12.4. The van der Waals surface area contributed by atoms with E-state index in [9.17, 15) is 14.4 Å². The third kappa shape index (κ3) is 4.61. The van der Waals surface area contributed by atoms with Crippen molar-refractivity contribution in [1.29, 1.82) is 0 Å². The normalized spacial score (nSPS) is 17.2. The lowest BCUT2D eigenvalue weighted by Crippen LogP contribution is -2.49. The first-order valence-electron chi connectivity index (χ1n) is 7.38. The summed E-state index contributed by atoms with van der Waals surface area (Å²) < 4.78 is 0. The van der Waals surface area contributed by atoms with Gasteiger partial charge in [-0.15, -0.1) is 0 Å². The summed E-state index contributed by atoms with van der Waals surface area (Å²) in [6.07, 6.45) is 1.30. The van der Waals surface area contributed by atoms with E-state index in [1.807, 2.05) is 6.92 Å². The molecular weight excluding hydrogens is 274 g/mol. The van der Waals surface area contributed by atoms with Gasteiger partial charge in [0.1, 0.15) is 0 Å². The maximum Gasteiger partial charge on any atom is 0.320 e. The second-order valence-corrected chi connectivity index (χ2v) is 5.44. The Bertz CT molecular complexity index is 392. The van der Waals surface area contributed by atoms with Crippen LogP contribution in [0, 0.1) is 11.8 Å². The minimum Gasteiger partial charge on any atom is -0.481 e. The van der Waals surface area contributed by atoms with Crippen molar-refractivity contribution in [2.45, 2.75) is 26.7 Å². The molecule has 0 bridgehead atoms. The number of hydrogen-bond donors (Lipinski definition) is 2. The lowest BCUT2D eigenvalue weighted by atomic mass is 9.96. The first-order chi connectivity index (χ1) is 9.90. The highest BCUT2D eigenvalue weighted by Gasteiger charge is 2.29. The minimum absolute atomic E-state index is 0.0222. The number of piperidine rings is 1. The van der Waals surface area contributed by atoms with Crippen molar-refractivity contribution in [3.05, 3.63) is 0 Å². The molecule has 7 heteroatoms. The Balaban J connectivity index is 2.55. The number of nitrogens with one attached hydrogen (secondary N) is 1. The fourth-order valence-corrected chi connectivity index (χ4v) is 2.49. The molecule has 1 atom stereocenters. The molecule has 1 aliphatic heterocycles. The zero-order valence-corrected chi connectivity index (χ0v) is 13.0. The number of carbonyl (C=O) groups excluding carboxylic acids is 2. The van der Waals surface area contributed by atoms with E-state index in [4.69, 9.17) is 5.11 Å². The van der Waals surface area contributed by atoms with Crippen LogP contribution in [0.25, 0.3) is 0 Å². The number of carboxylic acid groups (broad SMARTS) is 1. The van der Waals surface area contributed by atoms with E-state index < -0.39 is 11.9 Å². The summed E-state index contributed by atoms with van der Waals surface area (Å²) in [6.45, 7) is 5.19. The first kappa shape index (κ1) is 17.3. The molecule has 1 fully saturated rings. The highest BCUT2D eigenvalue weighted by molar-refractivity contribution is 5.79. The maximum atomic E-state index is 12.4. The van der Waals surface area contributed by atoms with Crippen LogP contribution in [0.2, 0.25) is 0 Å². The second kappa shape index (κ2) is 7.85. The van der Waals surface area contributed by atoms with E-state index >= 15 is 0 Å². The molecule has 0 radical (unpaired) electrons. The van der Waals surface area contributed by atoms with Crippen LogP contribution in [0.4, 0.5) is 4.79 Å². The summed E-state index contributed by atoms with van der Waals surface area (Å²) in [6, 6.07) is -0.138. The van der Waals surface area contributed by atoms with Crippen molar-refractivity contribution < 1.29 is 19.5 Å². The third-order valence-corrected chi connectivity index (χ3v) is 3.95. The Kier molecular flexibility index (Phi) is 6.45. The zero-order valence-electron chi connectivity index (χ0n) is 13.0. The highest BCUT2D eigenvalue weighted by atomic mass is 16.4. The second-order valence-electron chi connectivity index (χ2n) is 5.44. The minimum atomic E-state index is -0.903. The van der Waals surface area contributed by atoms with Crippen molar-refractivity contribution >= 4 is 17.9 Å². The monoisotopic (exact) mass is 299 g/mol. The van der Waals surface area contributed by atoms with Gasteiger partial charge in [-0.2, -0.15) is 0 Å². The van der Waals surface area contributed by atoms with E-state index in [0.29, 0.717) is 32.5 Å². The van der Waals surface area contributed by atoms with E-state index in [0.717, 1.165) is 0 Å². The molecule has 1 aliphatic rings. The number of rotatable bonds is 5. The van der Waals surface area contributed by atoms with Gasteiger partial charge in [0, 0.05) is 39.1 Å². The molecule has 0 aromatic heterocycles. The third-order valence-electron chi connectivity index (χ3n) is 3.95. The van der Waals surface area contributed by atoms with Gasteiger partial charge >= 0.3 is 12.0 Å². The number of likely N-dealkylation sites (tertiary alicyclic amines) is 1. The first-order valence-corrected chi connectivity index (χ1v) is 7.38. The smallest absolute Gasteiger partial charge is 0.320 e. The summed E-state index contributed by atoms with van der Waals surface area (Å²) in [5, 5.41) is 11.6. The molecule has 0 aliphatic carbocycles. The van der Waals surface area contributed by atoms with Crippen molar-refractivity contribution in [2.24, 2.45) is 11.8 Å². The number of nitrogens with zero attached hydrogens (tertiary/aromatic N) is 2. The molecule has 1 rings (SSSR count). The molecule has 2 N–H and O–H groups in total. The molecule has 1 unspecified atom stereocenters. The Hall–Kier alpha value is -1.79. The van der Waals surface area contributed by atoms with Gasteiger partial charge in [-0.25, -0.2) is 4.79 Å². The summed E-state index contributed by atoms with van der Waals surface area (Å²) in [5.41, 5.74) is 0. The molecule has 0 aromatic rings. The van der Waals surface area contributed by atoms with Gasteiger partial charge in [-0.3, -0.25) is 9.59 Å². The Morgan fingerprint density at radius 3 is 2.33 bits per heavy atom. The zero-order chi connectivity index (χ0) is 16.0. The van der Waals surface area contributed by atoms with Crippen LogP contribution in [0.1, 0.15) is 26.7 Å². The Morgan fingerprint density at radius 2 is 1.90 bits per heavy atom. The standard InChI is InChI=1S/C14H25N3O4/c1-4-16(9-10(2)13(19)20)14(21)17-7-5-11(6-8-17)12(18)15-3/h10-11H,4-9H2,1-3H3,(H,15,18)(H,19,20). The van der Waals surface area contributed by atoms with Gasteiger partial charge in [-0.1, -0.05) is 6.92 Å². The van der Waals surface area contributed by atoms with Gasteiger partial charge in [0.2, 0.25) is 5.91 Å². The molecule has 0 saturated carbocycles. The molecular formula is C14H25N3O4. The largest absolute Gasteiger partial charge is 0.481 e. The van der Waals surface area contributed by atoms with Gasteiger partial charge in [0.05, 0.1) is 5.92 Å². The predicted molar refractivity (Wildman–Crippen MR) is 77.8 cm³/mol. The van der Waals surface area contributed by atoms with E-state index in [1.54, 1.807) is 23.8 Å². The molecule has 3 amide bonds. The van der Waals surface area contributed by atoms with E-state index in [1.165, 1.54) is 0 Å². The summed E-state index contributed by atoms with van der Waals surface area (Å²) in [5.74, 6) is -1.50. The number of carboxylic acids is 1. The molecule has 120 valence electrons. The van der Waals surface area contributed by atoms with Gasteiger partial charge < -0.3 is 20.2 Å². The molecule has 0 spiro atoms. The Labute approximate surface area is 125 Å². The molecule has 1 saturated heterocycles. The lowest BCUT2D eigenvalue weighted by molar-refractivity contribution is -0.141. The van der Waals surface area contributed by atoms with Crippen LogP contribution in [0.3, 0.4) is 0 Å². The average molecular weight is 299 g/mol. The fraction of sp³-hybridized carbons (Fsp3) is 0.786. The van der Waals surface area contributed by atoms with Crippen molar-refractivity contribution in [3.8, 4) is 0 Å². The van der Waals surface area contributed by atoms with Crippen LogP contribution in [-0.2, 0) is 9.59 Å². The molecule has 7 nitrogen and oxygen atoms in total. The number of hydrogen-bond acceptors (Lipinski definition) is 3. The number of aliphatic carboxylic acids is 1. The van der Waals surface area contributed by atoms with Crippen molar-refractivity contribution in [2.75, 3.05) is 33.2 Å². The van der Waals surface area contributed by atoms with E-state index in [2.05, 4.69) is 5.32 Å². The van der Waals surface area contributed by atoms with Crippen LogP contribution in [0.15, 0.2) is 0 Å². The van der Waals surface area contributed by atoms with Crippen LogP contribution < -0.4 is 5.32 Å². The number of amides is 3. The number of urea groups is 1. The fourth-order valence-electron chi connectivity index (χ4n) is 2.49. The van der Waals surface area contributed by atoms with Crippen molar-refractivity contribution in [3.63, 3.8) is 0 Å². The highest BCUT2D eigenvalue weighted by Crippen LogP contribution is 2.18. The molecule has 1 heterocycles. The van der Waals surface area contributed by atoms with Gasteiger partial charge in [-0.05, 0) is 19.8 Å². The Morgan fingerprint density at radius 1 is 1.33 bits per heavy atom. The average Bonchev–Trinajstić information content (AvgIpc) is 2.50. The predicted octanol–water partition coefficient (Wildman–Crippen LogP) is 0.607. The summed E-state index contributed by atoms with van der Waals surface area (Å²) in [7, 11) is 1.62. The number of carbonyl (C=O) groups is 3. The topological polar surface area (TPSA) is 90.0 Å². The van der Waals surface area contributed by atoms with Gasteiger partial charge in [0.15, 0.2) is 0 Å². The van der Waals surface area contributed by atoms with Crippen molar-refractivity contribution in [1.82, 2.24) is 15.1 Å². The molecule has 0 aromatic carbocycles. The quantitative estimate of drug-likeness (QED) is 0.778. The van der Waals surface area contributed by atoms with Crippen LogP contribution >= 0.6 is 0 Å². The SMILES string of the molecule is CCN(CC(C)C(=O)O)C(=O)N1CCC(C(=O)NC)CC1. The van der Waals surface area contributed by atoms with Crippen LogP contribution in [-0.4, -0.2) is 66.0 Å². The summed E-state index contributed by atoms with van der Waals surface area (Å²) in [4.78, 5) is 38.1. The van der Waals surface area contributed by atoms with Crippen LogP contribution in [0.5, 0.6) is 0 Å². The lowest BCUT2D eigenvalue weighted by Gasteiger charge is -2.35.